The second-order valence-electron chi connectivity index (χ2n) is 14.1. The monoisotopic (exact) mass is 636 g/mol. The van der Waals surface area contributed by atoms with Crippen molar-refractivity contribution in [2.24, 2.45) is 16.7 Å². The number of carbonyl (C=O) groups excluding carboxylic acids is 1. The lowest BCUT2D eigenvalue weighted by Gasteiger charge is -2.67. The lowest BCUT2D eigenvalue weighted by atomic mass is 9.41. The predicted molar refractivity (Wildman–Crippen MR) is 153 cm³/mol. The van der Waals surface area contributed by atoms with Gasteiger partial charge in [0.25, 0.3) is 0 Å². The molecule has 13 nitrogen and oxygen atoms in total. The van der Waals surface area contributed by atoms with Crippen molar-refractivity contribution in [3.8, 4) is 0 Å². The van der Waals surface area contributed by atoms with Crippen LogP contribution < -0.4 is 5.63 Å². The molecule has 6 rings (SSSR count). The van der Waals surface area contributed by atoms with E-state index in [9.17, 15) is 45.3 Å². The van der Waals surface area contributed by atoms with E-state index in [-0.39, 0.29) is 19.3 Å². The Hall–Kier alpha value is -2.20. The van der Waals surface area contributed by atoms with E-state index in [1.54, 1.807) is 19.1 Å². The van der Waals surface area contributed by atoms with Gasteiger partial charge < -0.3 is 54.4 Å². The molecule has 250 valence electrons. The van der Waals surface area contributed by atoms with Crippen LogP contribution in [0.1, 0.15) is 70.8 Å². The molecule has 45 heavy (non-hydrogen) atoms. The van der Waals surface area contributed by atoms with Crippen molar-refractivity contribution in [3.05, 3.63) is 46.0 Å². The summed E-state index contributed by atoms with van der Waals surface area (Å²) in [6, 6.07) is 2.92. The molecule has 0 amide bonds. The molecule has 13 heteroatoms. The Morgan fingerprint density at radius 2 is 1.78 bits per heavy atom. The quantitative estimate of drug-likeness (QED) is 0.162. The van der Waals surface area contributed by atoms with Crippen molar-refractivity contribution in [1.29, 1.82) is 0 Å². The molecule has 0 spiro atoms. The smallest absolute Gasteiger partial charge is 0.335 e. The zero-order valence-corrected chi connectivity index (χ0v) is 25.6. The maximum absolute atomic E-state index is 12.8. The fourth-order valence-corrected chi connectivity index (χ4v) is 9.60. The van der Waals surface area contributed by atoms with Gasteiger partial charge in [0, 0.05) is 30.7 Å². The number of carbonyl (C=O) groups is 1. The number of esters is 1. The molecule has 4 fully saturated rings. The van der Waals surface area contributed by atoms with Gasteiger partial charge in [0.2, 0.25) is 0 Å². The molecule has 0 bridgehead atoms. The number of hydrogen-bond donors (Lipinski definition) is 7. The van der Waals surface area contributed by atoms with Crippen LogP contribution in [0.3, 0.4) is 0 Å². The van der Waals surface area contributed by atoms with Gasteiger partial charge in [-0.15, -0.1) is 0 Å². The number of rotatable bonds is 5. The highest BCUT2D eigenvalue weighted by Gasteiger charge is 2.77. The van der Waals surface area contributed by atoms with Crippen LogP contribution in [0.15, 0.2) is 39.3 Å². The molecule has 3 saturated carbocycles. The standard InChI is InChI=1S/C32H44O13/c1-15(34)43-20-12-31(40)22(11-23(35)30(3)18(7-9-32(30,31)41)16-4-5-24(36)42-14-16)29(2)8-6-17(10-19(20)29)44-28-27(39)26(38)25(37)21(13-33)45-28/h4-5,10,14,17-18,20-23,25-28,33,35,37-41H,6-9,11-13H2,1-3H3/t17-,18+,20?,21+,22+,23?,25+,26-,27+,28+,29-,30-,31-,32+/m0/s1. The third-order valence-electron chi connectivity index (χ3n) is 12.0. The maximum Gasteiger partial charge on any atom is 0.335 e. The second-order valence-corrected chi connectivity index (χ2v) is 14.1. The lowest BCUT2D eigenvalue weighted by molar-refractivity contribution is -0.315. The average molecular weight is 637 g/mol. The molecule has 1 saturated heterocycles. The van der Waals surface area contributed by atoms with Crippen LogP contribution in [0.2, 0.25) is 0 Å². The van der Waals surface area contributed by atoms with Gasteiger partial charge in [-0.1, -0.05) is 19.9 Å². The van der Waals surface area contributed by atoms with Gasteiger partial charge >= 0.3 is 11.6 Å². The Labute approximate surface area is 260 Å². The third-order valence-corrected chi connectivity index (χ3v) is 12.0. The maximum atomic E-state index is 12.8. The fourth-order valence-electron chi connectivity index (χ4n) is 9.60. The van der Waals surface area contributed by atoms with Crippen molar-refractivity contribution >= 4 is 5.97 Å². The summed E-state index contributed by atoms with van der Waals surface area (Å²) in [5.41, 5.74) is -4.87. The molecular weight excluding hydrogens is 592 g/mol. The minimum atomic E-state index is -1.79. The minimum Gasteiger partial charge on any atom is -0.458 e. The van der Waals surface area contributed by atoms with Gasteiger partial charge in [-0.3, -0.25) is 4.79 Å². The van der Waals surface area contributed by atoms with Crippen LogP contribution in [0, 0.1) is 16.7 Å². The van der Waals surface area contributed by atoms with Gasteiger partial charge in [0.15, 0.2) is 6.29 Å². The summed E-state index contributed by atoms with van der Waals surface area (Å²) >= 11 is 0. The first-order valence-corrected chi connectivity index (χ1v) is 15.7. The first-order chi connectivity index (χ1) is 21.1. The molecule has 0 radical (unpaired) electrons. The first kappa shape index (κ1) is 32.7. The SMILES string of the molecule is CC(=O)OC1C[C@]2(O)[C@H](CC(O)[C@]3(C)[C@@H](c4ccc(=O)oc4)CC[C@]23O)[C@@]2(C)CC[C@H](O[C@@H]3O[C@H](CO)[C@@H](O)[C@H](O)[C@H]3O)C=C12. The molecule has 1 aliphatic heterocycles. The first-order valence-electron chi connectivity index (χ1n) is 15.7. The van der Waals surface area contributed by atoms with Crippen LogP contribution >= 0.6 is 0 Å². The molecule has 4 aliphatic carbocycles. The Kier molecular flexibility index (Phi) is 8.15. The van der Waals surface area contributed by atoms with Gasteiger partial charge in [0.1, 0.15) is 41.7 Å². The van der Waals surface area contributed by atoms with E-state index >= 15 is 0 Å². The molecule has 2 heterocycles. The molecule has 1 aromatic rings. The summed E-state index contributed by atoms with van der Waals surface area (Å²) in [7, 11) is 0. The summed E-state index contributed by atoms with van der Waals surface area (Å²) in [5.74, 6) is -1.65. The molecule has 5 aliphatic rings. The summed E-state index contributed by atoms with van der Waals surface area (Å²) in [6.07, 6.45) is -5.52. The average Bonchev–Trinajstić information content (AvgIpc) is 3.28. The van der Waals surface area contributed by atoms with Crippen molar-refractivity contribution < 1.29 is 59.2 Å². The highest BCUT2D eigenvalue weighted by molar-refractivity contribution is 5.66. The Balaban J connectivity index is 1.36. The molecule has 14 atom stereocenters. The Bertz CT molecular complexity index is 1370. The van der Waals surface area contributed by atoms with E-state index in [1.165, 1.54) is 19.3 Å². The van der Waals surface area contributed by atoms with Gasteiger partial charge in [-0.05, 0) is 60.6 Å². The zero-order valence-electron chi connectivity index (χ0n) is 25.6. The Morgan fingerprint density at radius 3 is 2.42 bits per heavy atom. The van der Waals surface area contributed by atoms with Crippen molar-refractivity contribution in [3.63, 3.8) is 0 Å². The van der Waals surface area contributed by atoms with Crippen LogP contribution in [0.5, 0.6) is 0 Å². The number of hydrogen-bond acceptors (Lipinski definition) is 13. The van der Waals surface area contributed by atoms with Crippen molar-refractivity contribution in [1.82, 2.24) is 0 Å². The fraction of sp³-hybridized carbons (Fsp3) is 0.750. The van der Waals surface area contributed by atoms with Crippen molar-refractivity contribution in [2.45, 2.75) is 125 Å². The van der Waals surface area contributed by atoms with E-state index < -0.39 is 101 Å². The number of ether oxygens (including phenoxy) is 3. The normalized spacial score (nSPS) is 49.3. The molecule has 2 unspecified atom stereocenters. The summed E-state index contributed by atoms with van der Waals surface area (Å²) < 4.78 is 22.5. The van der Waals surface area contributed by atoms with Crippen LogP contribution in [0.25, 0.3) is 0 Å². The summed E-state index contributed by atoms with van der Waals surface area (Å²) in [5, 5.41) is 77.7. The molecule has 0 aromatic carbocycles. The number of fused-ring (bicyclic) bond motifs is 5. The lowest BCUT2D eigenvalue weighted by Crippen LogP contribution is -2.76. The van der Waals surface area contributed by atoms with E-state index in [0.29, 0.717) is 30.4 Å². The molecule has 1 aromatic heterocycles. The van der Waals surface area contributed by atoms with E-state index in [1.807, 2.05) is 6.92 Å². The highest BCUT2D eigenvalue weighted by Crippen LogP contribution is 2.71. The van der Waals surface area contributed by atoms with Crippen molar-refractivity contribution in [2.75, 3.05) is 6.61 Å². The van der Waals surface area contributed by atoms with Gasteiger partial charge in [-0.25, -0.2) is 4.79 Å². The zero-order chi connectivity index (χ0) is 32.7. The minimum absolute atomic E-state index is 0.138. The van der Waals surface area contributed by atoms with Crippen LogP contribution in [-0.4, -0.2) is 109 Å². The Morgan fingerprint density at radius 1 is 1.04 bits per heavy atom. The number of aliphatic hydroxyl groups is 7. The highest BCUT2D eigenvalue weighted by atomic mass is 16.7. The van der Waals surface area contributed by atoms with Crippen LogP contribution in [-0.2, 0) is 19.0 Å². The molecule has 7 N–H and O–H groups in total. The second kappa shape index (κ2) is 11.2. The third kappa shape index (κ3) is 4.69. The van der Waals surface area contributed by atoms with Gasteiger partial charge in [0.05, 0.1) is 25.1 Å². The predicted octanol–water partition coefficient (Wildman–Crippen LogP) is -0.386. The summed E-state index contributed by atoms with van der Waals surface area (Å²) in [4.78, 5) is 24.0. The van der Waals surface area contributed by atoms with Crippen LogP contribution in [0.4, 0.5) is 0 Å². The topological polar surface area (TPSA) is 217 Å². The van der Waals surface area contributed by atoms with E-state index in [4.69, 9.17) is 18.6 Å². The molecular formula is C32H44O13. The van der Waals surface area contributed by atoms with Gasteiger partial charge in [-0.2, -0.15) is 0 Å². The summed E-state index contributed by atoms with van der Waals surface area (Å²) in [6.45, 7) is 4.34. The van der Waals surface area contributed by atoms with E-state index in [2.05, 4.69) is 0 Å². The van der Waals surface area contributed by atoms with E-state index in [0.717, 1.165) is 0 Å². The largest absolute Gasteiger partial charge is 0.458 e. The number of aliphatic hydroxyl groups excluding tert-OH is 5.